The van der Waals surface area contributed by atoms with Crippen molar-refractivity contribution in [3.63, 3.8) is 0 Å². The van der Waals surface area contributed by atoms with E-state index in [2.05, 4.69) is 4.57 Å². The molecule has 1 aromatic heterocycles. The van der Waals surface area contributed by atoms with Gasteiger partial charge in [-0.1, -0.05) is 0 Å². The summed E-state index contributed by atoms with van der Waals surface area (Å²) in [5, 5.41) is 0. The topological polar surface area (TPSA) is 94.9 Å². The number of fused-ring (bicyclic) bond motifs is 1. The smallest absolute Gasteiger partial charge is 0.338 e. The van der Waals surface area contributed by atoms with E-state index in [-0.39, 0.29) is 47.6 Å². The van der Waals surface area contributed by atoms with Crippen LogP contribution in [0.1, 0.15) is 84.5 Å². The molecule has 3 heterocycles. The first-order valence-electron chi connectivity index (χ1n) is 11.4. The molecule has 8 heteroatoms. The van der Waals surface area contributed by atoms with Gasteiger partial charge in [-0.05, 0) is 63.8 Å². The van der Waals surface area contributed by atoms with Crippen LogP contribution in [-0.4, -0.2) is 58.9 Å². The average molecular weight is 450 g/mol. The van der Waals surface area contributed by atoms with Crippen LogP contribution in [0.25, 0.3) is 0 Å². The normalized spacial score (nSPS) is 19.8. The van der Waals surface area contributed by atoms with Crippen LogP contribution >= 0.6 is 0 Å². The number of rotatable bonds is 7. The maximum Gasteiger partial charge on any atom is 0.338 e. The number of ether oxygens (including phenoxy) is 2. The molecular weight excluding hydrogens is 424 g/mol. The van der Waals surface area contributed by atoms with Gasteiger partial charge in [-0.2, -0.15) is 0 Å². The molecule has 1 saturated heterocycles. The Bertz CT molecular complexity index is 1170. The minimum Gasteiger partial charge on any atom is -0.454 e. The molecule has 1 unspecified atom stereocenters. The number of carbonyl (C=O) groups excluding carboxylic acids is 4. The number of aryl methyl sites for hydroxylation is 1. The van der Waals surface area contributed by atoms with E-state index in [1.807, 2.05) is 19.9 Å². The Morgan fingerprint density at radius 2 is 1.82 bits per heavy atom. The molecule has 3 aliphatic rings. The van der Waals surface area contributed by atoms with Gasteiger partial charge >= 0.3 is 5.97 Å². The van der Waals surface area contributed by atoms with Crippen molar-refractivity contribution in [3.8, 4) is 0 Å². The molecule has 0 spiro atoms. The number of carbonyl (C=O) groups is 4. The van der Waals surface area contributed by atoms with Crippen molar-refractivity contribution in [3.05, 3.63) is 57.9 Å². The molecule has 1 aliphatic carbocycles. The lowest BCUT2D eigenvalue weighted by Gasteiger charge is -2.17. The summed E-state index contributed by atoms with van der Waals surface area (Å²) in [7, 11) is 0. The van der Waals surface area contributed by atoms with Gasteiger partial charge in [0, 0.05) is 29.6 Å². The van der Waals surface area contributed by atoms with Gasteiger partial charge in [-0.25, -0.2) is 4.79 Å². The highest BCUT2D eigenvalue weighted by atomic mass is 16.5. The van der Waals surface area contributed by atoms with E-state index >= 15 is 0 Å². The average Bonchev–Trinajstić information content (AvgIpc) is 3.33. The van der Waals surface area contributed by atoms with Gasteiger partial charge < -0.3 is 14.0 Å². The largest absolute Gasteiger partial charge is 0.454 e. The fraction of sp³-hybridized carbons (Fsp3) is 0.440. The fourth-order valence-corrected chi connectivity index (χ4v) is 4.82. The van der Waals surface area contributed by atoms with E-state index in [4.69, 9.17) is 9.47 Å². The van der Waals surface area contributed by atoms with Gasteiger partial charge in [-0.15, -0.1) is 0 Å². The zero-order chi connectivity index (χ0) is 23.3. The standard InChI is InChI=1S/C25H26N2O6/c1-14-10-20(15(2)27(14)17-6-7-17)22(28)13-33-25(31)16-5-8-19-21(11-16)24(30)26(23(19)29)12-18-4-3-9-32-18/h5,8,10-11,17-18H,3-4,6-7,9,12-13H2,1-2H3. The minimum atomic E-state index is -0.708. The maximum absolute atomic E-state index is 12.8. The van der Waals surface area contributed by atoms with Crippen molar-refractivity contribution in [1.82, 2.24) is 9.47 Å². The van der Waals surface area contributed by atoms with Crippen molar-refractivity contribution >= 4 is 23.6 Å². The first-order valence-corrected chi connectivity index (χ1v) is 11.4. The zero-order valence-corrected chi connectivity index (χ0v) is 18.8. The van der Waals surface area contributed by atoms with Gasteiger partial charge in [0.2, 0.25) is 5.78 Å². The number of amides is 2. The number of nitrogens with zero attached hydrogens (tertiary/aromatic N) is 2. The number of hydrogen-bond acceptors (Lipinski definition) is 6. The van der Waals surface area contributed by atoms with Crippen molar-refractivity contribution in [2.45, 2.75) is 51.7 Å². The number of aromatic nitrogens is 1. The molecule has 1 aromatic carbocycles. The summed E-state index contributed by atoms with van der Waals surface area (Å²) in [5.74, 6) is -1.80. The molecule has 2 amide bonds. The molecule has 2 fully saturated rings. The second-order valence-corrected chi connectivity index (χ2v) is 9.00. The molecule has 172 valence electrons. The van der Waals surface area contributed by atoms with Gasteiger partial charge in [-0.3, -0.25) is 19.3 Å². The minimum absolute atomic E-state index is 0.130. The Hall–Kier alpha value is -3.26. The molecule has 8 nitrogen and oxygen atoms in total. The third-order valence-electron chi connectivity index (χ3n) is 6.65. The lowest BCUT2D eigenvalue weighted by atomic mass is 10.1. The summed E-state index contributed by atoms with van der Waals surface area (Å²) >= 11 is 0. The number of benzene rings is 1. The van der Waals surface area contributed by atoms with E-state index in [0.717, 1.165) is 37.1 Å². The van der Waals surface area contributed by atoms with Crippen molar-refractivity contribution in [1.29, 1.82) is 0 Å². The van der Waals surface area contributed by atoms with Crippen molar-refractivity contribution < 1.29 is 28.7 Å². The number of Topliss-reactive ketones (excluding diaryl/α,β-unsaturated/α-hetero) is 1. The predicted octanol–water partition coefficient (Wildman–Crippen LogP) is 3.25. The monoisotopic (exact) mass is 450 g/mol. The van der Waals surface area contributed by atoms with Crippen LogP contribution in [0.5, 0.6) is 0 Å². The molecule has 1 atom stereocenters. The third-order valence-corrected chi connectivity index (χ3v) is 6.65. The van der Waals surface area contributed by atoms with E-state index in [1.54, 1.807) is 0 Å². The van der Waals surface area contributed by atoms with Crippen molar-refractivity contribution in [2.75, 3.05) is 19.8 Å². The van der Waals surface area contributed by atoms with Gasteiger partial charge in [0.15, 0.2) is 6.61 Å². The highest BCUT2D eigenvalue weighted by Gasteiger charge is 2.38. The molecule has 0 bridgehead atoms. The van der Waals surface area contributed by atoms with Crippen LogP contribution in [0.4, 0.5) is 0 Å². The highest BCUT2D eigenvalue weighted by molar-refractivity contribution is 6.22. The van der Waals surface area contributed by atoms with Crippen LogP contribution in [0.2, 0.25) is 0 Å². The Morgan fingerprint density at radius 1 is 1.06 bits per heavy atom. The third kappa shape index (κ3) is 3.88. The number of hydrogen-bond donors (Lipinski definition) is 0. The fourth-order valence-electron chi connectivity index (χ4n) is 4.82. The molecule has 1 saturated carbocycles. The lowest BCUT2D eigenvalue weighted by molar-refractivity contribution is 0.0473. The summed E-state index contributed by atoms with van der Waals surface area (Å²) < 4.78 is 13.0. The van der Waals surface area contributed by atoms with Crippen LogP contribution in [0.3, 0.4) is 0 Å². The highest BCUT2D eigenvalue weighted by Crippen LogP contribution is 2.38. The van der Waals surface area contributed by atoms with Crippen LogP contribution < -0.4 is 0 Å². The Kier molecular flexibility index (Phi) is 5.40. The lowest BCUT2D eigenvalue weighted by Crippen LogP contribution is -2.36. The van der Waals surface area contributed by atoms with Crippen LogP contribution in [0.15, 0.2) is 24.3 Å². The summed E-state index contributed by atoms with van der Waals surface area (Å²) in [5.41, 5.74) is 3.05. The molecule has 5 rings (SSSR count). The second-order valence-electron chi connectivity index (χ2n) is 9.00. The first-order chi connectivity index (χ1) is 15.8. The SMILES string of the molecule is Cc1cc(C(=O)COC(=O)c2ccc3c(c2)C(=O)N(CC2CCCO2)C3=O)c(C)n1C1CC1. The number of ketones is 1. The molecule has 33 heavy (non-hydrogen) atoms. The summed E-state index contributed by atoms with van der Waals surface area (Å²) in [6, 6.07) is 6.58. The molecule has 2 aliphatic heterocycles. The van der Waals surface area contributed by atoms with E-state index < -0.39 is 11.9 Å². The van der Waals surface area contributed by atoms with Gasteiger partial charge in [0.05, 0.1) is 29.3 Å². The van der Waals surface area contributed by atoms with E-state index in [9.17, 15) is 19.2 Å². The second kappa shape index (κ2) is 8.26. The summed E-state index contributed by atoms with van der Waals surface area (Å²) in [6.07, 6.45) is 3.80. The quantitative estimate of drug-likeness (QED) is 0.365. The molecule has 0 N–H and O–H groups in total. The van der Waals surface area contributed by atoms with Crippen molar-refractivity contribution in [2.24, 2.45) is 0 Å². The van der Waals surface area contributed by atoms with Crippen LogP contribution in [0, 0.1) is 13.8 Å². The number of imide groups is 1. The zero-order valence-electron chi connectivity index (χ0n) is 18.8. The van der Waals surface area contributed by atoms with E-state index in [1.165, 1.54) is 23.1 Å². The Balaban J connectivity index is 1.26. The van der Waals surface area contributed by atoms with E-state index in [0.29, 0.717) is 18.2 Å². The predicted molar refractivity (Wildman–Crippen MR) is 118 cm³/mol. The molecule has 0 radical (unpaired) electrons. The number of esters is 1. The molecule has 2 aromatic rings. The van der Waals surface area contributed by atoms with Crippen LogP contribution in [-0.2, 0) is 9.47 Å². The summed E-state index contributed by atoms with van der Waals surface area (Å²) in [6.45, 7) is 4.33. The van der Waals surface area contributed by atoms with Gasteiger partial charge in [0.25, 0.3) is 11.8 Å². The molecular formula is C25H26N2O6. The van der Waals surface area contributed by atoms with Gasteiger partial charge in [0.1, 0.15) is 0 Å². The first kappa shape index (κ1) is 21.6. The maximum atomic E-state index is 12.8. The Morgan fingerprint density at radius 3 is 2.52 bits per heavy atom. The Labute approximate surface area is 191 Å². The summed E-state index contributed by atoms with van der Waals surface area (Å²) in [4.78, 5) is 51.9.